The lowest BCUT2D eigenvalue weighted by atomic mass is 10.2. The number of hydrogen-bond donors (Lipinski definition) is 1. The van der Waals surface area contributed by atoms with Crippen molar-refractivity contribution in [3.8, 4) is 0 Å². The van der Waals surface area contributed by atoms with Crippen LogP contribution in [0.4, 0.5) is 15.8 Å². The SMILES string of the molecule is O=C(Nc1cccc(Br)c1)C1CC(=O)N(Cc2ccc(F)cc2)C(=Nc2cccc(Cl)c2)S1. The Bertz CT molecular complexity index is 1220. The van der Waals surface area contributed by atoms with Crippen LogP contribution in [0.15, 0.2) is 82.3 Å². The molecule has 4 rings (SSSR count). The summed E-state index contributed by atoms with van der Waals surface area (Å²) >= 11 is 10.7. The van der Waals surface area contributed by atoms with Gasteiger partial charge in [0.1, 0.15) is 11.1 Å². The maximum atomic E-state index is 13.3. The zero-order chi connectivity index (χ0) is 23.4. The van der Waals surface area contributed by atoms with Crippen molar-refractivity contribution in [1.82, 2.24) is 4.90 Å². The second kappa shape index (κ2) is 10.5. The standard InChI is InChI=1S/C24H18BrClFN3O2S/c25-16-3-1-5-19(11-16)28-23(32)21-13-22(31)30(14-15-7-9-18(27)10-8-15)24(33-21)29-20-6-2-4-17(26)12-20/h1-12,21H,13-14H2,(H,28,32). The van der Waals surface area contributed by atoms with Gasteiger partial charge in [-0.25, -0.2) is 9.38 Å². The highest BCUT2D eigenvalue weighted by atomic mass is 79.9. The number of amides is 2. The fourth-order valence-corrected chi connectivity index (χ4v) is 4.90. The monoisotopic (exact) mass is 545 g/mol. The quantitative estimate of drug-likeness (QED) is 0.403. The first-order valence-corrected chi connectivity index (χ1v) is 12.0. The number of rotatable bonds is 5. The molecule has 1 unspecified atom stereocenters. The van der Waals surface area contributed by atoms with Crippen molar-refractivity contribution in [2.24, 2.45) is 4.99 Å². The van der Waals surface area contributed by atoms with Crippen LogP contribution in [-0.4, -0.2) is 27.1 Å². The number of thioether (sulfide) groups is 1. The Kier molecular flexibility index (Phi) is 7.47. The van der Waals surface area contributed by atoms with Crippen molar-refractivity contribution in [1.29, 1.82) is 0 Å². The van der Waals surface area contributed by atoms with Gasteiger partial charge in [-0.15, -0.1) is 0 Å². The molecule has 3 aromatic rings. The van der Waals surface area contributed by atoms with E-state index in [4.69, 9.17) is 11.6 Å². The van der Waals surface area contributed by atoms with Crippen LogP contribution in [0.2, 0.25) is 5.02 Å². The van der Waals surface area contributed by atoms with Gasteiger partial charge in [0.25, 0.3) is 0 Å². The Morgan fingerprint density at radius 1 is 1.15 bits per heavy atom. The summed E-state index contributed by atoms with van der Waals surface area (Å²) in [7, 11) is 0. The zero-order valence-electron chi connectivity index (χ0n) is 17.2. The maximum absolute atomic E-state index is 13.3. The third-order valence-electron chi connectivity index (χ3n) is 4.81. The second-order valence-electron chi connectivity index (χ2n) is 7.29. The van der Waals surface area contributed by atoms with E-state index in [1.54, 1.807) is 48.5 Å². The molecule has 2 amide bonds. The van der Waals surface area contributed by atoms with Gasteiger partial charge < -0.3 is 5.32 Å². The van der Waals surface area contributed by atoms with Crippen LogP contribution in [0.3, 0.4) is 0 Å². The van der Waals surface area contributed by atoms with Crippen LogP contribution in [0.5, 0.6) is 0 Å². The molecule has 5 nitrogen and oxygen atoms in total. The molecule has 0 spiro atoms. The molecule has 1 aliphatic heterocycles. The average molecular weight is 547 g/mol. The fourth-order valence-electron chi connectivity index (χ4n) is 3.21. The fraction of sp³-hybridized carbons (Fsp3) is 0.125. The first-order chi connectivity index (χ1) is 15.9. The lowest BCUT2D eigenvalue weighted by molar-refractivity contribution is -0.129. The first-order valence-electron chi connectivity index (χ1n) is 9.99. The van der Waals surface area contributed by atoms with E-state index < -0.39 is 5.25 Å². The van der Waals surface area contributed by atoms with Gasteiger partial charge in [0.2, 0.25) is 11.8 Å². The number of hydrogen-bond acceptors (Lipinski definition) is 4. The van der Waals surface area contributed by atoms with E-state index in [9.17, 15) is 14.0 Å². The van der Waals surface area contributed by atoms with Gasteiger partial charge >= 0.3 is 0 Å². The topological polar surface area (TPSA) is 61.8 Å². The van der Waals surface area contributed by atoms with Crippen LogP contribution in [-0.2, 0) is 16.1 Å². The molecule has 0 bridgehead atoms. The van der Waals surface area contributed by atoms with Crippen LogP contribution in [0.25, 0.3) is 0 Å². The third-order valence-corrected chi connectivity index (χ3v) is 6.73. The van der Waals surface area contributed by atoms with Crippen LogP contribution < -0.4 is 5.32 Å². The Balaban J connectivity index is 1.60. The summed E-state index contributed by atoms with van der Waals surface area (Å²) < 4.78 is 14.2. The van der Waals surface area contributed by atoms with Crippen molar-refractivity contribution in [3.63, 3.8) is 0 Å². The maximum Gasteiger partial charge on any atom is 0.238 e. The molecule has 0 radical (unpaired) electrons. The number of benzene rings is 3. The lowest BCUT2D eigenvalue weighted by Gasteiger charge is -2.32. The molecule has 33 heavy (non-hydrogen) atoms. The summed E-state index contributed by atoms with van der Waals surface area (Å²) in [6.45, 7) is 0.214. The number of carbonyl (C=O) groups excluding carboxylic acids is 2. The number of amidine groups is 1. The van der Waals surface area contributed by atoms with Gasteiger partial charge in [-0.3, -0.25) is 14.5 Å². The van der Waals surface area contributed by atoms with Gasteiger partial charge in [0, 0.05) is 21.6 Å². The molecule has 168 valence electrons. The molecule has 1 aliphatic rings. The number of halogens is 3. The summed E-state index contributed by atoms with van der Waals surface area (Å²) in [5, 5.41) is 3.10. The van der Waals surface area contributed by atoms with Crippen LogP contribution in [0.1, 0.15) is 12.0 Å². The van der Waals surface area contributed by atoms with E-state index in [2.05, 4.69) is 26.2 Å². The van der Waals surface area contributed by atoms with Crippen molar-refractivity contribution in [3.05, 3.63) is 93.7 Å². The summed E-state index contributed by atoms with van der Waals surface area (Å²) in [4.78, 5) is 32.2. The molecule has 9 heteroatoms. The van der Waals surface area contributed by atoms with E-state index in [-0.39, 0.29) is 30.6 Å². The highest BCUT2D eigenvalue weighted by molar-refractivity contribution is 9.10. The number of nitrogens with one attached hydrogen (secondary N) is 1. The van der Waals surface area contributed by atoms with E-state index in [0.29, 0.717) is 21.6 Å². The van der Waals surface area contributed by atoms with Crippen molar-refractivity contribution < 1.29 is 14.0 Å². The normalized spacial score (nSPS) is 17.3. The highest BCUT2D eigenvalue weighted by Gasteiger charge is 2.36. The Labute approximate surface area is 208 Å². The third kappa shape index (κ3) is 6.22. The number of aliphatic imine (C=N–C) groups is 1. The van der Waals surface area contributed by atoms with E-state index >= 15 is 0 Å². The van der Waals surface area contributed by atoms with Crippen molar-refractivity contribution >= 4 is 67.6 Å². The minimum Gasteiger partial charge on any atom is -0.325 e. The van der Waals surface area contributed by atoms with Gasteiger partial charge in [-0.1, -0.05) is 63.6 Å². The van der Waals surface area contributed by atoms with Crippen molar-refractivity contribution in [2.45, 2.75) is 18.2 Å². The number of anilines is 1. The molecular weight excluding hydrogens is 529 g/mol. The summed E-state index contributed by atoms with van der Waals surface area (Å²) in [6.07, 6.45) is 0.0142. The molecule has 3 aromatic carbocycles. The van der Waals surface area contributed by atoms with E-state index in [1.165, 1.54) is 28.8 Å². The smallest absolute Gasteiger partial charge is 0.238 e. The van der Waals surface area contributed by atoms with Crippen LogP contribution in [0, 0.1) is 5.82 Å². The molecule has 0 aromatic heterocycles. The first kappa shape index (κ1) is 23.5. The minimum absolute atomic E-state index is 0.0142. The predicted molar refractivity (Wildman–Crippen MR) is 134 cm³/mol. The van der Waals surface area contributed by atoms with Gasteiger partial charge in [0.05, 0.1) is 12.2 Å². The highest BCUT2D eigenvalue weighted by Crippen LogP contribution is 2.32. The molecule has 0 saturated carbocycles. The molecule has 0 aliphatic carbocycles. The van der Waals surface area contributed by atoms with E-state index in [1.807, 2.05) is 12.1 Å². The minimum atomic E-state index is -0.654. The molecule has 1 atom stereocenters. The molecule has 1 heterocycles. The largest absolute Gasteiger partial charge is 0.325 e. The average Bonchev–Trinajstić information content (AvgIpc) is 2.77. The van der Waals surface area contributed by atoms with Gasteiger partial charge in [-0.05, 0) is 54.1 Å². The molecule has 1 N–H and O–H groups in total. The predicted octanol–water partition coefficient (Wildman–Crippen LogP) is 6.40. The summed E-state index contributed by atoms with van der Waals surface area (Å²) in [6, 6.07) is 20.1. The Morgan fingerprint density at radius 2 is 1.91 bits per heavy atom. The lowest BCUT2D eigenvalue weighted by Crippen LogP contribution is -2.44. The van der Waals surface area contributed by atoms with E-state index in [0.717, 1.165) is 10.0 Å². The molecular formula is C24H18BrClFN3O2S. The van der Waals surface area contributed by atoms with Gasteiger partial charge in [0.15, 0.2) is 5.17 Å². The Morgan fingerprint density at radius 3 is 2.64 bits per heavy atom. The molecule has 1 fully saturated rings. The number of nitrogens with zero attached hydrogens (tertiary/aromatic N) is 2. The van der Waals surface area contributed by atoms with Crippen molar-refractivity contribution in [2.75, 3.05) is 5.32 Å². The number of carbonyl (C=O) groups is 2. The summed E-state index contributed by atoms with van der Waals surface area (Å²) in [5.74, 6) is -0.880. The van der Waals surface area contributed by atoms with Gasteiger partial charge in [-0.2, -0.15) is 0 Å². The summed E-state index contributed by atoms with van der Waals surface area (Å²) in [5.41, 5.74) is 1.95. The molecule has 1 saturated heterocycles. The van der Waals surface area contributed by atoms with Crippen LogP contribution >= 0.6 is 39.3 Å². The Hall–Kier alpha value is -2.68. The zero-order valence-corrected chi connectivity index (χ0v) is 20.3. The second-order valence-corrected chi connectivity index (χ2v) is 9.81.